The molecule has 2 aromatic carbocycles. The van der Waals surface area contributed by atoms with E-state index in [0.29, 0.717) is 5.69 Å². The summed E-state index contributed by atoms with van der Waals surface area (Å²) >= 11 is 0. The van der Waals surface area contributed by atoms with Gasteiger partial charge in [-0.05, 0) is 45.0 Å². The number of nitrogens with one attached hydrogen (secondary N) is 1. The number of nitrogens with zero attached hydrogens (tertiary/aromatic N) is 2. The van der Waals surface area contributed by atoms with Crippen molar-refractivity contribution in [3.8, 4) is 0 Å². The molecule has 0 aliphatic carbocycles. The Morgan fingerprint density at radius 2 is 1.59 bits per heavy atom. The zero-order valence-corrected chi connectivity index (χ0v) is 15.6. The molecule has 3 aromatic rings. The van der Waals surface area contributed by atoms with Crippen molar-refractivity contribution in [3.05, 3.63) is 71.9 Å². The second-order valence-electron chi connectivity index (χ2n) is 7.62. The third kappa shape index (κ3) is 2.91. The number of hydrogen-bond acceptors (Lipinski definition) is 2. The summed E-state index contributed by atoms with van der Waals surface area (Å²) in [6.07, 6.45) is 3.69. The first-order valence-corrected chi connectivity index (χ1v) is 8.89. The SMILES string of the molecule is CC(C)(C)n1cc(/C=C2/C(=O)NN(c3ccccc3)C2=O)c2ccccc21. The first-order chi connectivity index (χ1) is 12.9. The van der Waals surface area contributed by atoms with Gasteiger partial charge in [0.1, 0.15) is 5.57 Å². The van der Waals surface area contributed by atoms with Crippen LogP contribution in [0.1, 0.15) is 26.3 Å². The Kier molecular flexibility index (Phi) is 3.88. The highest BCUT2D eigenvalue weighted by Crippen LogP contribution is 2.30. The van der Waals surface area contributed by atoms with Gasteiger partial charge >= 0.3 is 0 Å². The summed E-state index contributed by atoms with van der Waals surface area (Å²) in [6.45, 7) is 6.38. The summed E-state index contributed by atoms with van der Waals surface area (Å²) in [5.74, 6) is -0.741. The average Bonchev–Trinajstić information content (AvgIpc) is 3.16. The summed E-state index contributed by atoms with van der Waals surface area (Å²) in [6, 6.07) is 17.1. The molecule has 1 aromatic heterocycles. The fourth-order valence-electron chi connectivity index (χ4n) is 3.35. The van der Waals surface area contributed by atoms with E-state index in [-0.39, 0.29) is 17.0 Å². The maximum atomic E-state index is 12.8. The molecule has 1 aliphatic rings. The van der Waals surface area contributed by atoms with Gasteiger partial charge in [0, 0.05) is 28.2 Å². The van der Waals surface area contributed by atoms with Gasteiger partial charge in [0.25, 0.3) is 11.8 Å². The van der Waals surface area contributed by atoms with Crippen LogP contribution in [-0.4, -0.2) is 16.4 Å². The molecule has 1 aliphatic heterocycles. The number of anilines is 1. The Morgan fingerprint density at radius 1 is 0.926 bits per heavy atom. The lowest BCUT2D eigenvalue weighted by Crippen LogP contribution is -2.35. The average molecular weight is 359 g/mol. The fraction of sp³-hybridized carbons (Fsp3) is 0.182. The molecule has 1 saturated heterocycles. The molecule has 0 saturated carbocycles. The van der Waals surface area contributed by atoms with Crippen LogP contribution in [0.2, 0.25) is 0 Å². The molecule has 0 bridgehead atoms. The Hall–Kier alpha value is -3.34. The Balaban J connectivity index is 1.80. The molecule has 5 heteroatoms. The molecule has 27 heavy (non-hydrogen) atoms. The van der Waals surface area contributed by atoms with Crippen molar-refractivity contribution in [1.82, 2.24) is 9.99 Å². The van der Waals surface area contributed by atoms with Crippen molar-refractivity contribution in [2.45, 2.75) is 26.3 Å². The third-order valence-electron chi connectivity index (χ3n) is 4.67. The van der Waals surface area contributed by atoms with Crippen molar-refractivity contribution in [2.24, 2.45) is 0 Å². The number of amides is 2. The molecular weight excluding hydrogens is 338 g/mol. The molecule has 5 nitrogen and oxygen atoms in total. The summed E-state index contributed by atoms with van der Waals surface area (Å²) in [5.41, 5.74) is 5.23. The largest absolute Gasteiger partial charge is 0.342 e. The van der Waals surface area contributed by atoms with Crippen LogP contribution in [0.3, 0.4) is 0 Å². The van der Waals surface area contributed by atoms with Gasteiger partial charge in [-0.1, -0.05) is 36.4 Å². The van der Waals surface area contributed by atoms with E-state index in [1.165, 1.54) is 5.01 Å². The van der Waals surface area contributed by atoms with E-state index in [0.717, 1.165) is 16.5 Å². The zero-order chi connectivity index (χ0) is 19.2. The van der Waals surface area contributed by atoms with Crippen molar-refractivity contribution in [3.63, 3.8) is 0 Å². The van der Waals surface area contributed by atoms with Crippen molar-refractivity contribution in [1.29, 1.82) is 0 Å². The lowest BCUT2D eigenvalue weighted by atomic mass is 10.1. The van der Waals surface area contributed by atoms with E-state index in [2.05, 4.69) is 36.8 Å². The maximum Gasteiger partial charge on any atom is 0.282 e. The highest BCUT2D eigenvalue weighted by atomic mass is 16.2. The Morgan fingerprint density at radius 3 is 2.30 bits per heavy atom. The second-order valence-corrected chi connectivity index (χ2v) is 7.62. The van der Waals surface area contributed by atoms with Gasteiger partial charge in [-0.3, -0.25) is 15.0 Å². The van der Waals surface area contributed by atoms with E-state index in [9.17, 15) is 9.59 Å². The van der Waals surface area contributed by atoms with Gasteiger partial charge in [-0.25, -0.2) is 5.01 Å². The molecule has 0 spiro atoms. The zero-order valence-electron chi connectivity index (χ0n) is 15.6. The fourth-order valence-corrected chi connectivity index (χ4v) is 3.35. The Labute approximate surface area is 157 Å². The van der Waals surface area contributed by atoms with Gasteiger partial charge in [0.15, 0.2) is 0 Å². The monoisotopic (exact) mass is 359 g/mol. The summed E-state index contributed by atoms with van der Waals surface area (Å²) in [5, 5.41) is 2.30. The summed E-state index contributed by atoms with van der Waals surface area (Å²) < 4.78 is 2.17. The van der Waals surface area contributed by atoms with Crippen LogP contribution in [-0.2, 0) is 15.1 Å². The normalized spacial score (nSPS) is 16.4. The minimum Gasteiger partial charge on any atom is -0.342 e. The lowest BCUT2D eigenvalue weighted by Gasteiger charge is -2.22. The number of hydrogen-bond donors (Lipinski definition) is 1. The number of hydrazine groups is 1. The number of carbonyl (C=O) groups excluding carboxylic acids is 2. The lowest BCUT2D eigenvalue weighted by molar-refractivity contribution is -0.117. The molecule has 1 fully saturated rings. The van der Waals surface area contributed by atoms with Crippen LogP contribution < -0.4 is 10.4 Å². The molecule has 0 atom stereocenters. The van der Waals surface area contributed by atoms with Crippen LogP contribution in [0.4, 0.5) is 5.69 Å². The number of carbonyl (C=O) groups is 2. The predicted octanol–water partition coefficient (Wildman–Crippen LogP) is 3.86. The van der Waals surface area contributed by atoms with Gasteiger partial charge in [0.05, 0.1) is 5.69 Å². The van der Waals surface area contributed by atoms with Gasteiger partial charge in [0.2, 0.25) is 0 Å². The van der Waals surface area contributed by atoms with Crippen LogP contribution >= 0.6 is 0 Å². The smallest absolute Gasteiger partial charge is 0.282 e. The highest BCUT2D eigenvalue weighted by Gasteiger charge is 2.34. The van der Waals surface area contributed by atoms with Crippen LogP contribution in [0.15, 0.2) is 66.4 Å². The van der Waals surface area contributed by atoms with Crippen molar-refractivity contribution >= 4 is 34.5 Å². The predicted molar refractivity (Wildman–Crippen MR) is 107 cm³/mol. The van der Waals surface area contributed by atoms with E-state index in [4.69, 9.17) is 0 Å². The first-order valence-electron chi connectivity index (χ1n) is 8.89. The molecule has 0 radical (unpaired) electrons. The van der Waals surface area contributed by atoms with E-state index in [1.807, 2.05) is 42.6 Å². The van der Waals surface area contributed by atoms with Gasteiger partial charge < -0.3 is 4.57 Å². The molecule has 1 N–H and O–H groups in total. The Bertz CT molecular complexity index is 1070. The van der Waals surface area contributed by atoms with E-state index in [1.54, 1.807) is 18.2 Å². The van der Waals surface area contributed by atoms with Crippen molar-refractivity contribution in [2.75, 3.05) is 5.01 Å². The summed E-state index contributed by atoms with van der Waals surface area (Å²) in [7, 11) is 0. The minimum atomic E-state index is -0.392. The van der Waals surface area contributed by atoms with Gasteiger partial charge in [-0.2, -0.15) is 0 Å². The molecule has 136 valence electrons. The van der Waals surface area contributed by atoms with Crippen LogP contribution in [0.25, 0.3) is 17.0 Å². The third-order valence-corrected chi connectivity index (χ3v) is 4.67. The molecule has 2 amide bonds. The van der Waals surface area contributed by atoms with Gasteiger partial charge in [-0.15, -0.1) is 0 Å². The van der Waals surface area contributed by atoms with E-state index < -0.39 is 5.91 Å². The standard InChI is InChI=1S/C22H21N3O2/c1-22(2,3)24-14-15(17-11-7-8-12-19(17)24)13-18-20(26)23-25(21(18)27)16-9-5-4-6-10-16/h4-14H,1-3H3,(H,23,26)/b18-13-. The van der Waals surface area contributed by atoms with E-state index >= 15 is 0 Å². The second kappa shape index (κ2) is 6.13. The topological polar surface area (TPSA) is 54.3 Å². The molecular formula is C22H21N3O2. The van der Waals surface area contributed by atoms with Crippen LogP contribution in [0.5, 0.6) is 0 Å². The number of para-hydroxylation sites is 2. The number of fused-ring (bicyclic) bond motifs is 1. The minimum absolute atomic E-state index is 0.117. The number of rotatable bonds is 2. The summed E-state index contributed by atoms with van der Waals surface area (Å²) in [4.78, 5) is 25.3. The number of aromatic nitrogens is 1. The van der Waals surface area contributed by atoms with Crippen LogP contribution in [0, 0.1) is 0 Å². The molecule has 4 rings (SSSR count). The number of benzene rings is 2. The molecule has 2 heterocycles. The van der Waals surface area contributed by atoms with Crippen molar-refractivity contribution < 1.29 is 9.59 Å². The quantitative estimate of drug-likeness (QED) is 0.558. The highest BCUT2D eigenvalue weighted by molar-refractivity contribution is 6.32. The first kappa shape index (κ1) is 17.1. The maximum absolute atomic E-state index is 12.8. The molecule has 0 unspecified atom stereocenters.